The number of hydrogen-bond donors (Lipinski definition) is 1. The van der Waals surface area contributed by atoms with Crippen LogP contribution in [0.15, 0.2) is 77.7 Å². The smallest absolute Gasteiger partial charge is 0.264 e. The Hall–Kier alpha value is -3.59. The van der Waals surface area contributed by atoms with Crippen molar-refractivity contribution < 1.29 is 27.1 Å². The van der Waals surface area contributed by atoms with Crippen LogP contribution >= 0.6 is 0 Å². The summed E-state index contributed by atoms with van der Waals surface area (Å²) >= 11 is 0. The molecule has 0 radical (unpaired) electrons. The third kappa shape index (κ3) is 4.61. The van der Waals surface area contributed by atoms with E-state index in [9.17, 15) is 17.6 Å². The fourth-order valence-electron chi connectivity index (χ4n) is 3.08. The van der Waals surface area contributed by atoms with Crippen LogP contribution in [0.1, 0.15) is 5.56 Å². The Bertz CT molecular complexity index is 1180. The summed E-state index contributed by atoms with van der Waals surface area (Å²) in [4.78, 5) is 12.5. The molecule has 0 atom stereocenters. The van der Waals surface area contributed by atoms with Gasteiger partial charge in [-0.25, -0.2) is 12.8 Å². The number of anilines is 1. The molecule has 0 saturated carbocycles. The number of para-hydroxylation sites is 1. The van der Waals surface area contributed by atoms with Crippen molar-refractivity contribution in [3.05, 3.63) is 84.2 Å². The highest BCUT2D eigenvalue weighted by Gasteiger charge is 2.27. The molecule has 0 saturated heterocycles. The average Bonchev–Trinajstić information content (AvgIpc) is 3.25. The Kier molecular flexibility index (Phi) is 5.77. The highest BCUT2D eigenvalue weighted by atomic mass is 32.2. The van der Waals surface area contributed by atoms with Crippen LogP contribution in [0.25, 0.3) is 0 Å². The summed E-state index contributed by atoms with van der Waals surface area (Å²) in [6.45, 7) is -0.0958. The van der Waals surface area contributed by atoms with Crippen molar-refractivity contribution in [3.8, 4) is 11.5 Å². The number of fused-ring (bicyclic) bond motifs is 1. The molecule has 3 aromatic carbocycles. The maximum Gasteiger partial charge on any atom is 0.264 e. The Balaban J connectivity index is 1.52. The first kappa shape index (κ1) is 20.7. The molecule has 1 amide bonds. The predicted molar refractivity (Wildman–Crippen MR) is 112 cm³/mol. The molecule has 1 N–H and O–H groups in total. The lowest BCUT2D eigenvalue weighted by Gasteiger charge is -2.24. The molecular weight excluding hydrogens is 423 g/mol. The van der Waals surface area contributed by atoms with Gasteiger partial charge in [0.25, 0.3) is 10.0 Å². The molecular formula is C22H19FN2O5S. The summed E-state index contributed by atoms with van der Waals surface area (Å²) in [6, 6.07) is 18.0. The average molecular weight is 442 g/mol. The first-order valence-electron chi connectivity index (χ1n) is 9.42. The molecule has 9 heteroatoms. The minimum Gasteiger partial charge on any atom is -0.454 e. The highest BCUT2D eigenvalue weighted by molar-refractivity contribution is 7.92. The SMILES string of the molecule is O=C(CN(c1ccccc1)S(=O)(=O)c1ccc(F)cc1)NCc1ccc2c(c1)OCO2. The van der Waals surface area contributed by atoms with Gasteiger partial charge in [0.05, 0.1) is 10.6 Å². The van der Waals surface area contributed by atoms with Gasteiger partial charge in [0.15, 0.2) is 11.5 Å². The van der Waals surface area contributed by atoms with Crippen LogP contribution in [-0.4, -0.2) is 27.7 Å². The number of hydrogen-bond acceptors (Lipinski definition) is 5. The van der Waals surface area contributed by atoms with E-state index in [-0.39, 0.29) is 18.2 Å². The molecule has 0 fully saturated rings. The Morgan fingerprint density at radius 1 is 0.968 bits per heavy atom. The molecule has 7 nitrogen and oxygen atoms in total. The summed E-state index contributed by atoms with van der Waals surface area (Å²) in [5, 5.41) is 2.72. The zero-order chi connectivity index (χ0) is 21.8. The van der Waals surface area contributed by atoms with E-state index < -0.39 is 28.3 Å². The summed E-state index contributed by atoms with van der Waals surface area (Å²) in [7, 11) is -4.09. The maximum absolute atomic E-state index is 13.3. The summed E-state index contributed by atoms with van der Waals surface area (Å²) < 4.78 is 51.2. The van der Waals surface area contributed by atoms with Crippen molar-refractivity contribution in [2.24, 2.45) is 0 Å². The van der Waals surface area contributed by atoms with E-state index >= 15 is 0 Å². The number of nitrogens with one attached hydrogen (secondary N) is 1. The normalized spacial score (nSPS) is 12.4. The third-order valence-electron chi connectivity index (χ3n) is 4.66. The van der Waals surface area contributed by atoms with Crippen LogP contribution in [-0.2, 0) is 21.4 Å². The van der Waals surface area contributed by atoms with Gasteiger partial charge in [-0.1, -0.05) is 24.3 Å². The van der Waals surface area contributed by atoms with Crippen LogP contribution in [0.4, 0.5) is 10.1 Å². The van der Waals surface area contributed by atoms with E-state index in [1.165, 1.54) is 12.1 Å². The molecule has 1 heterocycles. The number of benzene rings is 3. The van der Waals surface area contributed by atoms with Gasteiger partial charge < -0.3 is 14.8 Å². The van der Waals surface area contributed by atoms with Gasteiger partial charge in [-0.2, -0.15) is 0 Å². The molecule has 0 aliphatic carbocycles. The second kappa shape index (κ2) is 8.65. The van der Waals surface area contributed by atoms with E-state index in [0.717, 1.165) is 22.0 Å². The van der Waals surface area contributed by atoms with Gasteiger partial charge in [0.2, 0.25) is 12.7 Å². The van der Waals surface area contributed by atoms with Crippen molar-refractivity contribution in [2.45, 2.75) is 11.4 Å². The fourth-order valence-corrected chi connectivity index (χ4v) is 4.50. The molecule has 160 valence electrons. The summed E-state index contributed by atoms with van der Waals surface area (Å²) in [6.07, 6.45) is 0. The number of halogens is 1. The van der Waals surface area contributed by atoms with Crippen molar-refractivity contribution in [1.29, 1.82) is 0 Å². The Labute approximate surface area is 179 Å². The van der Waals surface area contributed by atoms with Crippen LogP contribution in [0, 0.1) is 5.82 Å². The van der Waals surface area contributed by atoms with Crippen LogP contribution in [0.2, 0.25) is 0 Å². The first-order valence-corrected chi connectivity index (χ1v) is 10.9. The number of carbonyl (C=O) groups excluding carboxylic acids is 1. The van der Waals surface area contributed by atoms with Crippen molar-refractivity contribution in [1.82, 2.24) is 5.32 Å². The van der Waals surface area contributed by atoms with Gasteiger partial charge in [0, 0.05) is 6.54 Å². The van der Waals surface area contributed by atoms with E-state index in [2.05, 4.69) is 5.32 Å². The van der Waals surface area contributed by atoms with Gasteiger partial charge in [0.1, 0.15) is 12.4 Å². The van der Waals surface area contributed by atoms with Gasteiger partial charge >= 0.3 is 0 Å². The first-order chi connectivity index (χ1) is 14.9. The monoisotopic (exact) mass is 442 g/mol. The zero-order valence-electron chi connectivity index (χ0n) is 16.3. The van der Waals surface area contributed by atoms with Crippen molar-refractivity contribution in [2.75, 3.05) is 17.6 Å². The van der Waals surface area contributed by atoms with Crippen molar-refractivity contribution >= 4 is 21.6 Å². The fraction of sp³-hybridized carbons (Fsp3) is 0.136. The number of sulfonamides is 1. The van der Waals surface area contributed by atoms with Gasteiger partial charge in [-0.3, -0.25) is 9.10 Å². The number of ether oxygens (including phenoxy) is 2. The lowest BCUT2D eigenvalue weighted by molar-refractivity contribution is -0.119. The molecule has 0 bridgehead atoms. The molecule has 31 heavy (non-hydrogen) atoms. The molecule has 1 aliphatic heterocycles. The topological polar surface area (TPSA) is 84.9 Å². The zero-order valence-corrected chi connectivity index (χ0v) is 17.1. The minimum atomic E-state index is -4.09. The lowest BCUT2D eigenvalue weighted by Crippen LogP contribution is -2.40. The maximum atomic E-state index is 13.3. The van der Waals surface area contributed by atoms with E-state index in [4.69, 9.17) is 9.47 Å². The standard InChI is InChI=1S/C22H19FN2O5S/c23-17-7-9-19(10-8-17)31(27,28)25(18-4-2-1-3-5-18)14-22(26)24-13-16-6-11-20-21(12-16)30-15-29-20/h1-12H,13-15H2,(H,24,26). The number of carbonyl (C=O) groups is 1. The second-order valence-electron chi connectivity index (χ2n) is 6.77. The van der Waals surface area contributed by atoms with E-state index in [1.54, 1.807) is 48.5 Å². The van der Waals surface area contributed by atoms with Gasteiger partial charge in [-0.05, 0) is 54.1 Å². The Morgan fingerprint density at radius 3 is 2.42 bits per heavy atom. The summed E-state index contributed by atoms with van der Waals surface area (Å²) in [5.74, 6) is 0.186. The van der Waals surface area contributed by atoms with Gasteiger partial charge in [-0.15, -0.1) is 0 Å². The molecule has 0 unspecified atom stereocenters. The number of rotatable bonds is 7. The number of nitrogens with zero attached hydrogens (tertiary/aromatic N) is 1. The lowest BCUT2D eigenvalue weighted by atomic mass is 10.2. The Morgan fingerprint density at radius 2 is 1.68 bits per heavy atom. The quantitative estimate of drug-likeness (QED) is 0.608. The third-order valence-corrected chi connectivity index (χ3v) is 6.45. The minimum absolute atomic E-state index is 0.110. The molecule has 3 aromatic rings. The van der Waals surface area contributed by atoms with Crippen LogP contribution < -0.4 is 19.1 Å². The molecule has 4 rings (SSSR count). The number of amides is 1. The largest absolute Gasteiger partial charge is 0.454 e. The van der Waals surface area contributed by atoms with Crippen molar-refractivity contribution in [3.63, 3.8) is 0 Å². The van der Waals surface area contributed by atoms with E-state index in [1.807, 2.05) is 0 Å². The second-order valence-corrected chi connectivity index (χ2v) is 8.63. The van der Waals surface area contributed by atoms with Crippen LogP contribution in [0.5, 0.6) is 11.5 Å². The predicted octanol–water partition coefficient (Wildman–Crippen LogP) is 3.07. The van der Waals surface area contributed by atoms with E-state index in [0.29, 0.717) is 17.2 Å². The molecule has 0 spiro atoms. The molecule has 0 aromatic heterocycles. The molecule has 1 aliphatic rings. The summed E-state index contributed by atoms with van der Waals surface area (Å²) in [5.41, 5.74) is 1.11. The highest BCUT2D eigenvalue weighted by Crippen LogP contribution is 2.32. The van der Waals surface area contributed by atoms with Crippen LogP contribution in [0.3, 0.4) is 0 Å².